The van der Waals surface area contributed by atoms with Crippen LogP contribution in [-0.2, 0) is 17.6 Å². The lowest BCUT2D eigenvalue weighted by Crippen LogP contribution is -2.45. The molecule has 1 atom stereocenters. The molecule has 0 bridgehead atoms. The number of hydrogen-bond donors (Lipinski definition) is 1. The number of nitrogens with one attached hydrogen (secondary N) is 1. The molecule has 4 heteroatoms. The Morgan fingerprint density at radius 2 is 2.09 bits per heavy atom. The van der Waals surface area contributed by atoms with Gasteiger partial charge in [-0.3, -0.25) is 4.79 Å². The van der Waals surface area contributed by atoms with E-state index in [1.807, 2.05) is 25.1 Å². The average molecular weight is 312 g/mol. The number of amides is 1. The van der Waals surface area contributed by atoms with E-state index < -0.39 is 0 Å². The highest BCUT2D eigenvalue weighted by molar-refractivity contribution is 5.85. The highest BCUT2D eigenvalue weighted by Gasteiger charge is 2.26. The average Bonchev–Trinajstić information content (AvgIpc) is 2.98. The first kappa shape index (κ1) is 15.5. The van der Waals surface area contributed by atoms with Crippen molar-refractivity contribution in [3.8, 4) is 0 Å². The molecule has 2 aromatic rings. The van der Waals surface area contributed by atoms with E-state index in [4.69, 9.17) is 0 Å². The van der Waals surface area contributed by atoms with Crippen molar-refractivity contribution in [1.82, 2.24) is 5.32 Å². The Balaban J connectivity index is 1.54. The Bertz CT molecular complexity index is 701. The minimum absolute atomic E-state index is 0.0121. The summed E-state index contributed by atoms with van der Waals surface area (Å²) in [6, 6.07) is 14.5. The molecule has 0 radical (unpaired) electrons. The highest BCUT2D eigenvalue weighted by Crippen LogP contribution is 2.29. The van der Waals surface area contributed by atoms with Gasteiger partial charge in [0.2, 0.25) is 5.91 Å². The van der Waals surface area contributed by atoms with Crippen molar-refractivity contribution < 1.29 is 9.18 Å². The first-order valence-corrected chi connectivity index (χ1v) is 8.02. The molecule has 0 saturated carbocycles. The van der Waals surface area contributed by atoms with Crippen molar-refractivity contribution in [3.05, 3.63) is 65.5 Å². The van der Waals surface area contributed by atoms with E-state index >= 15 is 0 Å². The first-order chi connectivity index (χ1) is 11.1. The molecule has 1 aliphatic rings. The van der Waals surface area contributed by atoms with Crippen LogP contribution in [0, 0.1) is 5.82 Å². The lowest BCUT2D eigenvalue weighted by molar-refractivity contribution is -0.122. The van der Waals surface area contributed by atoms with Crippen molar-refractivity contribution in [2.24, 2.45) is 0 Å². The van der Waals surface area contributed by atoms with Crippen LogP contribution in [0.4, 0.5) is 10.1 Å². The molecular weight excluding hydrogens is 291 g/mol. The molecule has 0 saturated heterocycles. The summed E-state index contributed by atoms with van der Waals surface area (Å²) in [6.07, 6.45) is 1.61. The molecule has 1 heterocycles. The Hall–Kier alpha value is -2.36. The zero-order valence-corrected chi connectivity index (χ0v) is 13.3. The van der Waals surface area contributed by atoms with Gasteiger partial charge < -0.3 is 10.2 Å². The van der Waals surface area contributed by atoms with Gasteiger partial charge in [-0.2, -0.15) is 0 Å². The third-order valence-corrected chi connectivity index (χ3v) is 4.37. The van der Waals surface area contributed by atoms with Gasteiger partial charge in [-0.15, -0.1) is 0 Å². The molecule has 0 aliphatic carbocycles. The third-order valence-electron chi connectivity index (χ3n) is 4.37. The second-order valence-corrected chi connectivity index (χ2v) is 5.92. The minimum atomic E-state index is -0.240. The number of hydrogen-bond acceptors (Lipinski definition) is 2. The van der Waals surface area contributed by atoms with Crippen LogP contribution in [0.2, 0.25) is 0 Å². The van der Waals surface area contributed by atoms with Crippen LogP contribution in [0.3, 0.4) is 0 Å². The van der Waals surface area contributed by atoms with Gasteiger partial charge in [-0.1, -0.05) is 30.3 Å². The summed E-state index contributed by atoms with van der Waals surface area (Å²) in [5, 5.41) is 2.96. The maximum Gasteiger partial charge on any atom is 0.242 e. The molecular formula is C19H21FN2O. The maximum absolute atomic E-state index is 13.1. The van der Waals surface area contributed by atoms with E-state index in [1.54, 1.807) is 6.07 Å². The predicted octanol–water partition coefficient (Wildman–Crippen LogP) is 2.94. The number of rotatable bonds is 5. The fraction of sp³-hybridized carbons (Fsp3) is 0.316. The number of nitrogens with zero attached hydrogens (tertiary/aromatic N) is 1. The van der Waals surface area contributed by atoms with Gasteiger partial charge in [0.1, 0.15) is 11.9 Å². The molecule has 0 unspecified atom stereocenters. The first-order valence-electron chi connectivity index (χ1n) is 8.02. The Morgan fingerprint density at radius 3 is 2.91 bits per heavy atom. The van der Waals surface area contributed by atoms with Crippen LogP contribution in [0.25, 0.3) is 0 Å². The topological polar surface area (TPSA) is 32.3 Å². The van der Waals surface area contributed by atoms with Gasteiger partial charge in [-0.25, -0.2) is 4.39 Å². The van der Waals surface area contributed by atoms with Crippen LogP contribution < -0.4 is 10.2 Å². The largest absolute Gasteiger partial charge is 0.359 e. The van der Waals surface area contributed by atoms with Crippen LogP contribution in [0.15, 0.2) is 48.5 Å². The summed E-state index contributed by atoms with van der Waals surface area (Å²) >= 11 is 0. The molecule has 0 spiro atoms. The normalized spacial score (nSPS) is 14.4. The molecule has 2 aromatic carbocycles. The number of halogens is 1. The van der Waals surface area contributed by atoms with E-state index in [2.05, 4.69) is 22.3 Å². The van der Waals surface area contributed by atoms with Gasteiger partial charge in [0.25, 0.3) is 0 Å². The van der Waals surface area contributed by atoms with Gasteiger partial charge in [-0.05, 0) is 49.1 Å². The molecule has 0 aromatic heterocycles. The maximum atomic E-state index is 13.1. The summed E-state index contributed by atoms with van der Waals surface area (Å²) < 4.78 is 13.1. The summed E-state index contributed by atoms with van der Waals surface area (Å²) in [4.78, 5) is 14.5. The summed E-state index contributed by atoms with van der Waals surface area (Å²) in [6.45, 7) is 3.32. The molecule has 23 heavy (non-hydrogen) atoms. The zero-order valence-electron chi connectivity index (χ0n) is 13.3. The second-order valence-electron chi connectivity index (χ2n) is 5.92. The van der Waals surface area contributed by atoms with Gasteiger partial charge in [0.05, 0.1) is 0 Å². The van der Waals surface area contributed by atoms with Crippen LogP contribution in [0.5, 0.6) is 0 Å². The molecule has 1 amide bonds. The summed E-state index contributed by atoms with van der Waals surface area (Å²) in [5.74, 6) is -0.228. The van der Waals surface area contributed by atoms with Gasteiger partial charge >= 0.3 is 0 Å². The summed E-state index contributed by atoms with van der Waals surface area (Å²) in [5.41, 5.74) is 3.34. The standard InChI is InChI=1S/C19H21FN2O/c1-14(22-12-10-16-6-2-3-8-18(16)22)19(23)21-11-9-15-5-4-7-17(20)13-15/h2-8,13-14H,9-12H2,1H3,(H,21,23)/t14-/m1/s1. The molecule has 0 fully saturated rings. The monoisotopic (exact) mass is 312 g/mol. The van der Waals surface area contributed by atoms with E-state index in [0.29, 0.717) is 13.0 Å². The third kappa shape index (κ3) is 3.52. The fourth-order valence-electron chi connectivity index (χ4n) is 3.08. The van der Waals surface area contributed by atoms with Crippen LogP contribution in [-0.4, -0.2) is 25.0 Å². The van der Waals surface area contributed by atoms with Gasteiger partial charge in [0.15, 0.2) is 0 Å². The Morgan fingerprint density at radius 1 is 1.26 bits per heavy atom. The van der Waals surface area contributed by atoms with Crippen LogP contribution in [0.1, 0.15) is 18.1 Å². The number of para-hydroxylation sites is 1. The SMILES string of the molecule is C[C@H](C(=O)NCCc1cccc(F)c1)N1CCc2ccccc21. The Kier molecular flexibility index (Phi) is 4.60. The van der Waals surface area contributed by atoms with Crippen molar-refractivity contribution in [2.45, 2.75) is 25.8 Å². The quantitative estimate of drug-likeness (QED) is 0.920. The number of carbonyl (C=O) groups excluding carboxylic acids is 1. The predicted molar refractivity (Wildman–Crippen MR) is 90.1 cm³/mol. The number of fused-ring (bicyclic) bond motifs is 1. The van der Waals surface area contributed by atoms with E-state index in [1.165, 1.54) is 17.7 Å². The molecule has 3 rings (SSSR count). The fourth-order valence-corrected chi connectivity index (χ4v) is 3.08. The van der Waals surface area contributed by atoms with Crippen molar-refractivity contribution in [1.29, 1.82) is 0 Å². The number of carbonyl (C=O) groups is 1. The highest BCUT2D eigenvalue weighted by atomic mass is 19.1. The van der Waals surface area contributed by atoms with E-state index in [0.717, 1.165) is 24.2 Å². The molecule has 3 nitrogen and oxygen atoms in total. The van der Waals surface area contributed by atoms with Crippen LogP contribution >= 0.6 is 0 Å². The minimum Gasteiger partial charge on any atom is -0.359 e. The van der Waals surface area contributed by atoms with E-state index in [-0.39, 0.29) is 17.8 Å². The van der Waals surface area contributed by atoms with E-state index in [9.17, 15) is 9.18 Å². The number of benzene rings is 2. The van der Waals surface area contributed by atoms with Gasteiger partial charge in [0, 0.05) is 18.8 Å². The lowest BCUT2D eigenvalue weighted by Gasteiger charge is -2.26. The van der Waals surface area contributed by atoms with Crippen molar-refractivity contribution >= 4 is 11.6 Å². The zero-order chi connectivity index (χ0) is 16.2. The summed E-state index contributed by atoms with van der Waals surface area (Å²) in [7, 11) is 0. The lowest BCUT2D eigenvalue weighted by atomic mass is 10.1. The smallest absolute Gasteiger partial charge is 0.242 e. The van der Waals surface area contributed by atoms with Crippen molar-refractivity contribution in [2.75, 3.05) is 18.0 Å². The molecule has 1 N–H and O–H groups in total. The number of anilines is 1. The molecule has 120 valence electrons. The second kappa shape index (κ2) is 6.82. The Labute approximate surface area is 136 Å². The van der Waals surface area contributed by atoms with Crippen molar-refractivity contribution in [3.63, 3.8) is 0 Å². The molecule has 1 aliphatic heterocycles.